The van der Waals surface area contributed by atoms with Gasteiger partial charge in [0.05, 0.1) is 17.5 Å². The smallest absolute Gasteiger partial charge is 0.338 e. The molecule has 1 N–H and O–H groups in total. The van der Waals surface area contributed by atoms with Gasteiger partial charge in [-0.25, -0.2) is 9.80 Å². The number of esters is 1. The molecule has 2 aromatic carbocycles. The molecule has 36 heavy (non-hydrogen) atoms. The number of H-pyrrole nitrogens is 1. The SMILES string of the molecule is O=C(OCC(=O)N1N=C(c2ccc(Cl)cc2)CC1c1ccco1)c1ccc2[nH]c3c(c2c1)CCCC3. The van der Waals surface area contributed by atoms with Gasteiger partial charge in [-0.1, -0.05) is 23.7 Å². The lowest BCUT2D eigenvalue weighted by molar-refractivity contribution is -0.136. The Morgan fingerprint density at radius 3 is 2.75 bits per heavy atom. The number of furan rings is 1. The number of nitrogens with one attached hydrogen (secondary N) is 1. The van der Waals surface area contributed by atoms with Crippen molar-refractivity contribution < 1.29 is 18.7 Å². The maximum atomic E-state index is 13.2. The molecule has 0 saturated heterocycles. The first-order valence-electron chi connectivity index (χ1n) is 12.1. The Bertz CT molecular complexity index is 1470. The lowest BCUT2D eigenvalue weighted by Crippen LogP contribution is -2.31. The van der Waals surface area contributed by atoms with Gasteiger partial charge < -0.3 is 14.1 Å². The van der Waals surface area contributed by atoms with Gasteiger partial charge in [-0.2, -0.15) is 5.10 Å². The Labute approximate surface area is 212 Å². The van der Waals surface area contributed by atoms with Crippen LogP contribution >= 0.6 is 11.6 Å². The molecule has 8 heteroatoms. The van der Waals surface area contributed by atoms with Crippen LogP contribution in [0.2, 0.25) is 5.02 Å². The summed E-state index contributed by atoms with van der Waals surface area (Å²) in [5.41, 5.74) is 5.59. The van der Waals surface area contributed by atoms with Crippen molar-refractivity contribution in [2.45, 2.75) is 38.1 Å². The van der Waals surface area contributed by atoms with Crippen molar-refractivity contribution in [3.63, 3.8) is 0 Å². The van der Waals surface area contributed by atoms with Crippen LogP contribution in [0.4, 0.5) is 0 Å². The zero-order valence-corrected chi connectivity index (χ0v) is 20.3. The molecule has 1 aliphatic carbocycles. The Hall–Kier alpha value is -3.84. The molecular weight excluding hydrogens is 478 g/mol. The fourth-order valence-corrected chi connectivity index (χ4v) is 5.20. The van der Waals surface area contributed by atoms with Gasteiger partial charge in [0.15, 0.2) is 6.61 Å². The average molecular weight is 502 g/mol. The van der Waals surface area contributed by atoms with Gasteiger partial charge in [0.2, 0.25) is 0 Å². The minimum Gasteiger partial charge on any atom is -0.467 e. The highest BCUT2D eigenvalue weighted by molar-refractivity contribution is 6.30. The van der Waals surface area contributed by atoms with E-state index in [0.29, 0.717) is 22.8 Å². The summed E-state index contributed by atoms with van der Waals surface area (Å²) in [6.45, 7) is -0.420. The molecule has 1 amide bonds. The van der Waals surface area contributed by atoms with E-state index in [4.69, 9.17) is 20.8 Å². The van der Waals surface area contributed by atoms with Crippen LogP contribution in [0, 0.1) is 0 Å². The summed E-state index contributed by atoms with van der Waals surface area (Å²) < 4.78 is 11.0. The van der Waals surface area contributed by atoms with E-state index in [1.54, 1.807) is 30.5 Å². The van der Waals surface area contributed by atoms with Gasteiger partial charge in [-0.15, -0.1) is 0 Å². The number of rotatable bonds is 5. The number of aromatic amines is 1. The van der Waals surface area contributed by atoms with Crippen molar-refractivity contribution in [1.29, 1.82) is 0 Å². The van der Waals surface area contributed by atoms with Gasteiger partial charge in [0.1, 0.15) is 11.8 Å². The molecule has 7 nitrogen and oxygen atoms in total. The summed E-state index contributed by atoms with van der Waals surface area (Å²) in [5, 5.41) is 7.59. The van der Waals surface area contributed by atoms with E-state index in [0.717, 1.165) is 41.4 Å². The zero-order chi connectivity index (χ0) is 24.6. The quantitative estimate of drug-likeness (QED) is 0.348. The number of fused-ring (bicyclic) bond motifs is 3. The molecule has 1 aliphatic heterocycles. The first-order valence-corrected chi connectivity index (χ1v) is 12.4. The standard InChI is InChI=1S/C28H24ClN3O4/c29-19-10-7-17(8-11-19)24-15-25(26-6-3-13-35-26)32(31-24)27(33)16-36-28(34)18-9-12-23-21(14-18)20-4-1-2-5-22(20)30-23/h3,6-14,25,30H,1-2,4-5,15-16H2. The summed E-state index contributed by atoms with van der Waals surface area (Å²) in [4.78, 5) is 29.5. The molecule has 6 rings (SSSR count). The lowest BCUT2D eigenvalue weighted by Gasteiger charge is -2.19. The summed E-state index contributed by atoms with van der Waals surface area (Å²) in [5.74, 6) is -0.342. The van der Waals surface area contributed by atoms with Crippen LogP contribution in [-0.2, 0) is 22.4 Å². The molecular formula is C28H24ClN3O4. The second kappa shape index (κ2) is 9.32. The molecule has 4 aromatic rings. The number of aryl methyl sites for hydroxylation is 2. The summed E-state index contributed by atoms with van der Waals surface area (Å²) in [6.07, 6.45) is 6.40. The van der Waals surface area contributed by atoms with Crippen LogP contribution < -0.4 is 0 Å². The highest BCUT2D eigenvalue weighted by Gasteiger charge is 2.35. The summed E-state index contributed by atoms with van der Waals surface area (Å²) in [7, 11) is 0. The predicted octanol–water partition coefficient (Wildman–Crippen LogP) is 5.83. The molecule has 2 aliphatic rings. The third kappa shape index (κ3) is 4.20. The van der Waals surface area contributed by atoms with Crippen LogP contribution in [0.15, 0.2) is 70.4 Å². The maximum absolute atomic E-state index is 13.2. The Morgan fingerprint density at radius 2 is 1.94 bits per heavy atom. The maximum Gasteiger partial charge on any atom is 0.338 e. The van der Waals surface area contributed by atoms with E-state index in [2.05, 4.69) is 10.1 Å². The monoisotopic (exact) mass is 501 g/mol. The Balaban J connectivity index is 1.19. The average Bonchev–Trinajstić information content (AvgIpc) is 3.65. The minimum absolute atomic E-state index is 0.417. The molecule has 182 valence electrons. The van der Waals surface area contributed by atoms with Crippen LogP contribution in [0.5, 0.6) is 0 Å². The number of carbonyl (C=O) groups is 2. The first-order chi connectivity index (χ1) is 17.6. The predicted molar refractivity (Wildman–Crippen MR) is 136 cm³/mol. The number of amides is 1. The highest BCUT2D eigenvalue weighted by atomic mass is 35.5. The molecule has 0 bridgehead atoms. The van der Waals surface area contributed by atoms with E-state index < -0.39 is 24.5 Å². The van der Waals surface area contributed by atoms with Gasteiger partial charge in [0, 0.05) is 28.0 Å². The van der Waals surface area contributed by atoms with Crippen molar-refractivity contribution in [2.75, 3.05) is 6.61 Å². The largest absolute Gasteiger partial charge is 0.467 e. The van der Waals surface area contributed by atoms with Crippen molar-refractivity contribution in [3.8, 4) is 0 Å². The molecule has 1 atom stereocenters. The Morgan fingerprint density at radius 1 is 1.11 bits per heavy atom. The number of halogens is 1. The van der Waals surface area contributed by atoms with Crippen molar-refractivity contribution in [2.24, 2.45) is 5.10 Å². The van der Waals surface area contributed by atoms with Crippen molar-refractivity contribution >= 4 is 40.1 Å². The Kier molecular flexibility index (Phi) is 5.85. The van der Waals surface area contributed by atoms with E-state index in [-0.39, 0.29) is 0 Å². The number of carbonyl (C=O) groups excluding carboxylic acids is 2. The number of hydrazone groups is 1. The molecule has 0 saturated carbocycles. The number of benzene rings is 2. The molecule has 2 aromatic heterocycles. The number of hydrogen-bond donors (Lipinski definition) is 1. The van der Waals surface area contributed by atoms with Crippen LogP contribution in [0.3, 0.4) is 0 Å². The van der Waals surface area contributed by atoms with E-state index in [9.17, 15) is 9.59 Å². The van der Waals surface area contributed by atoms with Gasteiger partial charge in [0.25, 0.3) is 5.91 Å². The van der Waals surface area contributed by atoms with Gasteiger partial charge >= 0.3 is 5.97 Å². The second-order valence-corrected chi connectivity index (χ2v) is 9.59. The second-order valence-electron chi connectivity index (χ2n) is 9.15. The topological polar surface area (TPSA) is 87.9 Å². The van der Waals surface area contributed by atoms with Gasteiger partial charge in [-0.3, -0.25) is 4.79 Å². The molecule has 1 unspecified atom stereocenters. The molecule has 0 radical (unpaired) electrons. The van der Waals surface area contributed by atoms with E-state index >= 15 is 0 Å². The molecule has 3 heterocycles. The third-order valence-corrected chi connectivity index (χ3v) is 7.13. The minimum atomic E-state index is -0.536. The van der Waals surface area contributed by atoms with Crippen LogP contribution in [-0.4, -0.2) is 34.2 Å². The number of aromatic nitrogens is 1. The van der Waals surface area contributed by atoms with E-state index in [1.165, 1.54) is 22.7 Å². The lowest BCUT2D eigenvalue weighted by atomic mass is 9.95. The number of hydrogen-bond acceptors (Lipinski definition) is 5. The third-order valence-electron chi connectivity index (χ3n) is 6.88. The van der Waals surface area contributed by atoms with E-state index in [1.807, 2.05) is 30.3 Å². The summed E-state index contributed by atoms with van der Waals surface area (Å²) >= 11 is 6.02. The fourth-order valence-electron chi connectivity index (χ4n) is 5.07. The van der Waals surface area contributed by atoms with Crippen LogP contribution in [0.1, 0.15) is 58.2 Å². The van der Waals surface area contributed by atoms with Crippen LogP contribution in [0.25, 0.3) is 10.9 Å². The first kappa shape index (κ1) is 22.6. The zero-order valence-electron chi connectivity index (χ0n) is 19.5. The summed E-state index contributed by atoms with van der Waals surface area (Å²) in [6, 6.07) is 16.0. The molecule has 0 spiro atoms. The van der Waals surface area contributed by atoms with Gasteiger partial charge in [-0.05, 0) is 79.3 Å². The normalized spacial score (nSPS) is 17.2. The van der Waals surface area contributed by atoms with Crippen molar-refractivity contribution in [1.82, 2.24) is 9.99 Å². The molecule has 0 fully saturated rings. The number of nitrogens with zero attached hydrogens (tertiary/aromatic N) is 2. The fraction of sp³-hybridized carbons (Fsp3) is 0.250. The number of ether oxygens (including phenoxy) is 1. The van der Waals surface area contributed by atoms with Crippen molar-refractivity contribution in [3.05, 3.63) is 94.0 Å². The highest BCUT2D eigenvalue weighted by Crippen LogP contribution is 2.34.